The van der Waals surface area contributed by atoms with Gasteiger partial charge in [0, 0.05) is 17.5 Å². The molecular weight excluding hydrogens is 194 g/mol. The minimum atomic E-state index is 1.07. The molecule has 0 amide bonds. The van der Waals surface area contributed by atoms with Crippen molar-refractivity contribution < 1.29 is 4.57 Å². The van der Waals surface area contributed by atoms with E-state index >= 15 is 0 Å². The van der Waals surface area contributed by atoms with Crippen LogP contribution in [0.5, 0.6) is 0 Å². The lowest BCUT2D eigenvalue weighted by atomic mass is 10.2. The molecule has 0 aliphatic carbocycles. The van der Waals surface area contributed by atoms with Crippen molar-refractivity contribution in [1.29, 1.82) is 0 Å². The molecule has 0 spiro atoms. The van der Waals surface area contributed by atoms with Gasteiger partial charge in [-0.15, -0.1) is 6.07 Å². The molecule has 0 aliphatic rings. The van der Waals surface area contributed by atoms with Crippen LogP contribution in [0.3, 0.4) is 0 Å². The van der Waals surface area contributed by atoms with Crippen molar-refractivity contribution in [2.75, 3.05) is 0 Å². The van der Waals surface area contributed by atoms with Gasteiger partial charge in [-0.25, -0.2) is 0 Å². The fourth-order valence-electron chi connectivity index (χ4n) is 1.90. The summed E-state index contributed by atoms with van der Waals surface area (Å²) in [4.78, 5) is 0. The Kier molecular flexibility index (Phi) is 2.15. The van der Waals surface area contributed by atoms with Crippen molar-refractivity contribution in [3.63, 3.8) is 0 Å². The Balaban J connectivity index is 2.32. The average Bonchev–Trinajstić information content (AvgIpc) is 2.39. The minimum absolute atomic E-state index is 1.07. The van der Waals surface area contributed by atoms with E-state index in [1.807, 2.05) is 18.2 Å². The maximum absolute atomic E-state index is 3.24. The summed E-state index contributed by atoms with van der Waals surface area (Å²) >= 11 is 0. The highest BCUT2D eigenvalue weighted by molar-refractivity contribution is 5.75. The van der Waals surface area contributed by atoms with E-state index < -0.39 is 0 Å². The normalized spacial score (nSPS) is 10.5. The Hall–Kier alpha value is -2.15. The van der Waals surface area contributed by atoms with Crippen LogP contribution >= 0.6 is 0 Å². The van der Waals surface area contributed by atoms with Crippen molar-refractivity contribution in [3.8, 4) is 5.69 Å². The van der Waals surface area contributed by atoms with Gasteiger partial charge >= 0.3 is 0 Å². The fraction of sp³-hybridized carbons (Fsp3) is 0. The molecule has 2 aromatic carbocycles. The first-order chi connectivity index (χ1) is 7.95. The summed E-state index contributed by atoms with van der Waals surface area (Å²) < 4.78 is 2.15. The standard InChI is InChI=1S/C15H11N/c1-2-9-14(10-3-1)16-12-6-8-13-7-4-5-11-15(13)16/h1-9,11-12H. The molecular formula is C15H11N. The van der Waals surface area contributed by atoms with E-state index in [0.717, 1.165) is 5.69 Å². The lowest BCUT2D eigenvalue weighted by molar-refractivity contribution is -0.567. The number of nitrogens with zero attached hydrogens (tertiary/aromatic N) is 1. The van der Waals surface area contributed by atoms with Gasteiger partial charge in [-0.05, 0) is 12.1 Å². The Morgan fingerprint density at radius 3 is 2.50 bits per heavy atom. The van der Waals surface area contributed by atoms with Crippen molar-refractivity contribution in [2.45, 2.75) is 0 Å². The summed E-state index contributed by atoms with van der Waals surface area (Å²) in [5.41, 5.74) is 2.27. The van der Waals surface area contributed by atoms with Gasteiger partial charge in [0.25, 0.3) is 0 Å². The third-order valence-corrected chi connectivity index (χ3v) is 2.66. The van der Waals surface area contributed by atoms with E-state index in [-0.39, 0.29) is 0 Å². The first kappa shape index (κ1) is 9.10. The molecule has 0 saturated carbocycles. The molecule has 0 saturated heterocycles. The highest BCUT2D eigenvalue weighted by Gasteiger charge is 2.05. The lowest BCUT2D eigenvalue weighted by Gasteiger charge is -2.03. The number of para-hydroxylation sites is 2. The molecule has 3 rings (SSSR count). The molecule has 1 heterocycles. The molecule has 0 bridgehead atoms. The zero-order valence-electron chi connectivity index (χ0n) is 8.80. The van der Waals surface area contributed by atoms with E-state index in [4.69, 9.17) is 0 Å². The molecule has 16 heavy (non-hydrogen) atoms. The number of hydrogen-bond acceptors (Lipinski definition) is 0. The summed E-state index contributed by atoms with van der Waals surface area (Å²) in [6.45, 7) is 0. The van der Waals surface area contributed by atoms with Gasteiger partial charge < -0.3 is 0 Å². The average molecular weight is 205 g/mol. The van der Waals surface area contributed by atoms with Crippen LogP contribution in [-0.2, 0) is 0 Å². The number of pyridine rings is 1. The Bertz CT molecular complexity index is 609. The summed E-state index contributed by atoms with van der Waals surface area (Å²) in [6, 6.07) is 23.8. The van der Waals surface area contributed by atoms with Crippen LogP contribution in [0.1, 0.15) is 0 Å². The van der Waals surface area contributed by atoms with E-state index in [0.29, 0.717) is 0 Å². The van der Waals surface area contributed by atoms with Crippen molar-refractivity contribution in [1.82, 2.24) is 0 Å². The third-order valence-electron chi connectivity index (χ3n) is 2.66. The highest BCUT2D eigenvalue weighted by Crippen LogP contribution is 2.10. The third kappa shape index (κ3) is 1.47. The molecule has 0 N–H and O–H groups in total. The molecule has 0 atom stereocenters. The van der Waals surface area contributed by atoms with E-state index in [1.54, 1.807) is 0 Å². The molecule has 1 heteroatoms. The number of hydrogen-bond donors (Lipinski definition) is 0. The molecule has 0 fully saturated rings. The van der Waals surface area contributed by atoms with Gasteiger partial charge in [-0.2, -0.15) is 22.8 Å². The second kappa shape index (κ2) is 3.78. The maximum atomic E-state index is 3.24. The van der Waals surface area contributed by atoms with Gasteiger partial charge in [0.2, 0.25) is 5.52 Å². The van der Waals surface area contributed by atoms with Gasteiger partial charge in [0.15, 0.2) is 6.20 Å². The first-order valence-corrected chi connectivity index (χ1v) is 5.32. The fourth-order valence-corrected chi connectivity index (χ4v) is 1.90. The van der Waals surface area contributed by atoms with E-state index in [1.165, 1.54) is 10.9 Å². The van der Waals surface area contributed by atoms with Crippen LogP contribution < -0.4 is 4.57 Å². The summed E-state index contributed by atoms with van der Waals surface area (Å²) in [6.07, 6.45) is 2.06. The number of aromatic nitrogens is 1. The maximum Gasteiger partial charge on any atom is 0.216 e. The number of rotatable bonds is 1. The summed E-state index contributed by atoms with van der Waals surface area (Å²) in [5, 5.41) is 1.24. The van der Waals surface area contributed by atoms with Gasteiger partial charge in [0.1, 0.15) is 5.69 Å². The summed E-state index contributed by atoms with van der Waals surface area (Å²) in [5.74, 6) is 0. The molecule has 0 unspecified atom stereocenters. The SMILES string of the molecule is [c-]1ccccc1-[n+]1cccc2ccccc21. The molecule has 0 radical (unpaired) electrons. The van der Waals surface area contributed by atoms with Crippen LogP contribution in [0.2, 0.25) is 0 Å². The summed E-state index contributed by atoms with van der Waals surface area (Å²) in [7, 11) is 0. The van der Waals surface area contributed by atoms with Crippen LogP contribution in [-0.4, -0.2) is 0 Å². The topological polar surface area (TPSA) is 3.88 Å². The van der Waals surface area contributed by atoms with Crippen molar-refractivity contribution in [2.24, 2.45) is 0 Å². The van der Waals surface area contributed by atoms with Crippen LogP contribution in [0, 0.1) is 6.07 Å². The predicted molar refractivity (Wildman–Crippen MR) is 64.3 cm³/mol. The zero-order valence-corrected chi connectivity index (χ0v) is 8.80. The quantitative estimate of drug-likeness (QED) is 0.425. The minimum Gasteiger partial charge on any atom is -0.183 e. The number of benzene rings is 2. The predicted octanol–water partition coefficient (Wildman–Crippen LogP) is 2.92. The van der Waals surface area contributed by atoms with Crippen molar-refractivity contribution >= 4 is 10.9 Å². The molecule has 0 aliphatic heterocycles. The molecule has 1 nitrogen and oxygen atoms in total. The molecule has 3 aromatic rings. The van der Waals surface area contributed by atoms with Crippen LogP contribution in [0.25, 0.3) is 16.6 Å². The number of fused-ring (bicyclic) bond motifs is 1. The van der Waals surface area contributed by atoms with Gasteiger partial charge in [-0.1, -0.05) is 18.2 Å². The Labute approximate surface area is 94.6 Å². The molecule has 1 aromatic heterocycles. The molecule has 76 valence electrons. The second-order valence-electron chi connectivity index (χ2n) is 3.68. The van der Waals surface area contributed by atoms with Crippen LogP contribution in [0.15, 0.2) is 66.9 Å². The first-order valence-electron chi connectivity index (χ1n) is 5.32. The highest BCUT2D eigenvalue weighted by atomic mass is 14.9. The monoisotopic (exact) mass is 205 g/mol. The largest absolute Gasteiger partial charge is 0.216 e. The zero-order chi connectivity index (χ0) is 10.8. The smallest absolute Gasteiger partial charge is 0.183 e. The van der Waals surface area contributed by atoms with E-state index in [2.05, 4.69) is 59.3 Å². The van der Waals surface area contributed by atoms with Crippen molar-refractivity contribution in [3.05, 3.63) is 72.9 Å². The van der Waals surface area contributed by atoms with Gasteiger partial charge in [-0.3, -0.25) is 0 Å². The lowest BCUT2D eigenvalue weighted by Crippen LogP contribution is -2.30. The van der Waals surface area contributed by atoms with Gasteiger partial charge in [0.05, 0.1) is 0 Å². The Morgan fingerprint density at radius 2 is 1.62 bits per heavy atom. The second-order valence-corrected chi connectivity index (χ2v) is 3.68. The van der Waals surface area contributed by atoms with Crippen LogP contribution in [0.4, 0.5) is 0 Å². The Morgan fingerprint density at radius 1 is 0.812 bits per heavy atom. The van der Waals surface area contributed by atoms with E-state index in [9.17, 15) is 0 Å².